The molecule has 4 rings (SSSR count). The topological polar surface area (TPSA) is 43.4 Å². The first-order chi connectivity index (χ1) is 11.8. The van der Waals surface area contributed by atoms with E-state index in [1.54, 1.807) is 0 Å². The first kappa shape index (κ1) is 18.0. The highest BCUT2D eigenvalue weighted by molar-refractivity contribution is 9.10. The summed E-state index contributed by atoms with van der Waals surface area (Å²) in [7, 11) is 0. The van der Waals surface area contributed by atoms with Gasteiger partial charge in [-0.1, -0.05) is 29.8 Å². The van der Waals surface area contributed by atoms with Crippen molar-refractivity contribution in [1.29, 1.82) is 0 Å². The number of fused-ring (bicyclic) bond motifs is 5. The zero-order valence-electron chi connectivity index (χ0n) is 15.7. The second-order valence-corrected chi connectivity index (χ2v) is 10.8. The third kappa shape index (κ3) is 2.64. The summed E-state index contributed by atoms with van der Waals surface area (Å²) >= 11 is 3.66. The first-order valence-corrected chi connectivity index (χ1v) is 11.0. The van der Waals surface area contributed by atoms with Gasteiger partial charge in [-0.2, -0.15) is 0 Å². The van der Waals surface area contributed by atoms with E-state index < -0.39 is 0 Å². The molecule has 0 amide bonds. The molecule has 0 N–H and O–H groups in total. The van der Waals surface area contributed by atoms with Crippen LogP contribution in [0.15, 0.2) is 0 Å². The van der Waals surface area contributed by atoms with Gasteiger partial charge in [0.15, 0.2) is 5.78 Å². The van der Waals surface area contributed by atoms with E-state index in [4.69, 9.17) is 4.74 Å². The van der Waals surface area contributed by atoms with Crippen LogP contribution in [-0.2, 0) is 14.3 Å². The van der Waals surface area contributed by atoms with Gasteiger partial charge in [0.1, 0.15) is 6.10 Å². The summed E-state index contributed by atoms with van der Waals surface area (Å²) < 4.78 is 5.54. The number of carbonyl (C=O) groups is 2. The highest BCUT2D eigenvalue weighted by atomic mass is 79.9. The molecule has 0 saturated heterocycles. The van der Waals surface area contributed by atoms with Gasteiger partial charge in [-0.25, -0.2) is 0 Å². The van der Waals surface area contributed by atoms with Crippen molar-refractivity contribution in [3.63, 3.8) is 0 Å². The van der Waals surface area contributed by atoms with E-state index in [-0.39, 0.29) is 22.3 Å². The maximum Gasteiger partial charge on any atom is 0.302 e. The molecule has 140 valence electrons. The summed E-state index contributed by atoms with van der Waals surface area (Å²) in [6.45, 7) is 6.27. The monoisotopic (exact) mass is 410 g/mol. The van der Waals surface area contributed by atoms with Crippen LogP contribution in [0.25, 0.3) is 0 Å². The number of ether oxygens (including phenoxy) is 1. The fourth-order valence-electron chi connectivity index (χ4n) is 7.31. The summed E-state index contributed by atoms with van der Waals surface area (Å²) in [5.41, 5.74) is 0.280. The number of hydrogen-bond donors (Lipinski definition) is 0. The molecule has 0 radical (unpaired) electrons. The van der Waals surface area contributed by atoms with Crippen molar-refractivity contribution in [2.45, 2.75) is 83.1 Å². The quantitative estimate of drug-likeness (QED) is 0.455. The number of halogens is 1. The Hall–Kier alpha value is -0.380. The lowest BCUT2D eigenvalue weighted by Gasteiger charge is -2.60. The van der Waals surface area contributed by atoms with Crippen LogP contribution >= 0.6 is 15.9 Å². The number of rotatable bonds is 1. The van der Waals surface area contributed by atoms with Crippen molar-refractivity contribution in [2.75, 3.05) is 0 Å². The third-order valence-corrected chi connectivity index (χ3v) is 9.44. The molecule has 25 heavy (non-hydrogen) atoms. The van der Waals surface area contributed by atoms with E-state index in [9.17, 15) is 9.59 Å². The lowest BCUT2D eigenvalue weighted by atomic mass is 9.45. The summed E-state index contributed by atoms with van der Waals surface area (Å²) in [6, 6.07) is 0. The Morgan fingerprint density at radius 1 is 1.08 bits per heavy atom. The summed E-state index contributed by atoms with van der Waals surface area (Å²) in [4.78, 5) is 24.2. The van der Waals surface area contributed by atoms with Crippen LogP contribution in [-0.4, -0.2) is 22.7 Å². The van der Waals surface area contributed by atoms with Crippen molar-refractivity contribution in [1.82, 2.24) is 0 Å². The van der Waals surface area contributed by atoms with Gasteiger partial charge in [0, 0.05) is 12.3 Å². The lowest BCUT2D eigenvalue weighted by Crippen LogP contribution is -2.54. The Labute approximate surface area is 159 Å². The molecule has 3 nitrogen and oxygen atoms in total. The smallest absolute Gasteiger partial charge is 0.302 e. The summed E-state index contributed by atoms with van der Waals surface area (Å²) in [5.74, 6) is 3.01. The van der Waals surface area contributed by atoms with Crippen LogP contribution in [0.1, 0.15) is 72.1 Å². The zero-order valence-corrected chi connectivity index (χ0v) is 17.3. The Morgan fingerprint density at radius 3 is 2.56 bits per heavy atom. The minimum atomic E-state index is -0.136. The fourth-order valence-corrected chi connectivity index (χ4v) is 8.23. The summed E-state index contributed by atoms with van der Waals surface area (Å²) in [6.07, 6.45) is 9.15. The highest BCUT2D eigenvalue weighted by Gasteiger charge is 2.62. The number of carbonyl (C=O) groups excluding carboxylic acids is 2. The standard InChI is InChI=1S/C21H31BrO3/c1-12(23)25-14-6-8-20(2)13(10-14)4-5-15-16(20)7-9-21(3)17(15)11-18(22)19(21)24/h13-18H,4-11H2,1-3H3/t13-,14-,15-,16-,17+,18-,20-,21-/m0/s1. The van der Waals surface area contributed by atoms with Crippen molar-refractivity contribution in [3.8, 4) is 0 Å². The first-order valence-electron chi connectivity index (χ1n) is 10.1. The molecule has 4 aliphatic rings. The van der Waals surface area contributed by atoms with Crippen LogP contribution in [0, 0.1) is 34.5 Å². The van der Waals surface area contributed by atoms with E-state index >= 15 is 0 Å². The molecule has 0 aromatic heterocycles. The van der Waals surface area contributed by atoms with Crippen LogP contribution in [0.5, 0.6) is 0 Å². The highest BCUT2D eigenvalue weighted by Crippen LogP contribution is 2.66. The minimum absolute atomic E-state index is 0.0754. The van der Waals surface area contributed by atoms with E-state index in [1.165, 1.54) is 32.6 Å². The number of alkyl halides is 1. The van der Waals surface area contributed by atoms with Crippen LogP contribution in [0.2, 0.25) is 0 Å². The number of ketones is 1. The molecular formula is C21H31BrO3. The Bertz CT molecular complexity index is 590. The zero-order chi connectivity index (χ0) is 18.0. The van der Waals surface area contributed by atoms with Crippen molar-refractivity contribution in [3.05, 3.63) is 0 Å². The van der Waals surface area contributed by atoms with Gasteiger partial charge >= 0.3 is 5.97 Å². The minimum Gasteiger partial charge on any atom is -0.463 e. The molecule has 8 atom stereocenters. The van der Waals surface area contributed by atoms with Crippen LogP contribution in [0.4, 0.5) is 0 Å². The molecule has 0 heterocycles. The third-order valence-electron chi connectivity index (χ3n) is 8.65. The van der Waals surface area contributed by atoms with E-state index in [0.29, 0.717) is 29.0 Å². The van der Waals surface area contributed by atoms with Gasteiger partial charge < -0.3 is 4.74 Å². The normalized spacial score (nSPS) is 52.1. The van der Waals surface area contributed by atoms with Gasteiger partial charge in [0.05, 0.1) is 4.83 Å². The summed E-state index contributed by atoms with van der Waals surface area (Å²) in [5, 5.41) is 0. The molecule has 4 heteroatoms. The molecule has 4 fully saturated rings. The van der Waals surface area contributed by atoms with Crippen molar-refractivity contribution in [2.24, 2.45) is 34.5 Å². The van der Waals surface area contributed by atoms with Crippen molar-refractivity contribution < 1.29 is 14.3 Å². The molecule has 0 unspecified atom stereocenters. The number of hydrogen-bond acceptors (Lipinski definition) is 3. The van der Waals surface area contributed by atoms with Gasteiger partial charge in [-0.3, -0.25) is 9.59 Å². The van der Waals surface area contributed by atoms with Crippen LogP contribution < -0.4 is 0 Å². The fraction of sp³-hybridized carbons (Fsp3) is 0.905. The molecule has 0 aliphatic heterocycles. The average Bonchev–Trinajstić information content (AvgIpc) is 2.78. The van der Waals surface area contributed by atoms with Gasteiger partial charge in [0.25, 0.3) is 0 Å². The van der Waals surface area contributed by atoms with E-state index in [2.05, 4.69) is 29.8 Å². The second-order valence-electron chi connectivity index (χ2n) is 9.69. The molecule has 4 saturated carbocycles. The predicted octanol–water partition coefficient (Wildman–Crippen LogP) is 4.90. The Morgan fingerprint density at radius 2 is 1.84 bits per heavy atom. The SMILES string of the molecule is CC(=O)O[C@H]1CC[C@@]2(C)[C@@H](CC[C@@H]3[C@H]4C[C@H](Br)C(=O)[C@@]4(C)CC[C@@H]32)C1. The Balaban J connectivity index is 1.55. The lowest BCUT2D eigenvalue weighted by molar-refractivity contribution is -0.160. The second kappa shape index (κ2) is 6.07. The molecule has 0 spiro atoms. The van der Waals surface area contributed by atoms with E-state index in [1.807, 2.05) is 0 Å². The van der Waals surface area contributed by atoms with Gasteiger partial charge in [0.2, 0.25) is 0 Å². The van der Waals surface area contributed by atoms with Gasteiger partial charge in [-0.15, -0.1) is 0 Å². The average molecular weight is 411 g/mol. The Kier molecular flexibility index (Phi) is 4.37. The van der Waals surface area contributed by atoms with Crippen molar-refractivity contribution >= 4 is 27.7 Å². The molecule has 0 aromatic rings. The predicted molar refractivity (Wildman–Crippen MR) is 100 cm³/mol. The number of Topliss-reactive ketones (excluding diaryl/α,β-unsaturated/α-hetero) is 1. The largest absolute Gasteiger partial charge is 0.463 e. The van der Waals surface area contributed by atoms with E-state index in [0.717, 1.165) is 31.6 Å². The molecule has 0 bridgehead atoms. The maximum absolute atomic E-state index is 12.7. The molecule has 4 aliphatic carbocycles. The number of esters is 1. The molecular weight excluding hydrogens is 380 g/mol. The maximum atomic E-state index is 12.7. The van der Waals surface area contributed by atoms with Gasteiger partial charge in [-0.05, 0) is 80.5 Å². The van der Waals surface area contributed by atoms with Crippen LogP contribution in [0.3, 0.4) is 0 Å². The molecule has 0 aromatic carbocycles.